The van der Waals surface area contributed by atoms with Crippen molar-refractivity contribution in [2.45, 2.75) is 45.7 Å². The lowest BCUT2D eigenvalue weighted by molar-refractivity contribution is -0.384. The Labute approximate surface area is 112 Å². The molecule has 106 valence electrons. The van der Waals surface area contributed by atoms with E-state index in [1.807, 2.05) is 11.8 Å². The van der Waals surface area contributed by atoms with Gasteiger partial charge in [-0.15, -0.1) is 0 Å². The number of nitrogens with two attached hydrogens (primary N) is 1. The quantitative estimate of drug-likeness (QED) is 0.658. The van der Waals surface area contributed by atoms with E-state index in [4.69, 9.17) is 5.73 Å². The highest BCUT2D eigenvalue weighted by atomic mass is 16.6. The second-order valence-corrected chi connectivity index (χ2v) is 5.09. The van der Waals surface area contributed by atoms with E-state index in [-0.39, 0.29) is 16.7 Å². The minimum Gasteiger partial charge on any atom is -0.350 e. The summed E-state index contributed by atoms with van der Waals surface area (Å²) in [4.78, 5) is 13.0. The van der Waals surface area contributed by atoms with Crippen molar-refractivity contribution in [2.24, 2.45) is 5.73 Å². The van der Waals surface area contributed by atoms with Crippen molar-refractivity contribution in [3.05, 3.63) is 15.8 Å². The van der Waals surface area contributed by atoms with Crippen LogP contribution in [0.15, 0.2) is 0 Å². The molecule has 7 nitrogen and oxygen atoms in total. The van der Waals surface area contributed by atoms with Crippen LogP contribution in [0.2, 0.25) is 0 Å². The highest BCUT2D eigenvalue weighted by molar-refractivity contribution is 5.61. The lowest BCUT2D eigenvalue weighted by Crippen LogP contribution is -2.43. The van der Waals surface area contributed by atoms with Gasteiger partial charge in [0, 0.05) is 25.7 Å². The van der Waals surface area contributed by atoms with Gasteiger partial charge in [-0.3, -0.25) is 10.1 Å². The average molecular weight is 267 g/mol. The third-order valence-corrected chi connectivity index (χ3v) is 3.45. The SMILES string of the molecule is CCCn1nc(C)c([N+](=O)[O-])c1N1CCCC(N)C1. The Balaban J connectivity index is 2.42. The Morgan fingerprint density at radius 1 is 1.58 bits per heavy atom. The second kappa shape index (κ2) is 5.56. The molecular formula is C12H21N5O2. The molecule has 0 saturated carbocycles. The van der Waals surface area contributed by atoms with Gasteiger partial charge in [-0.2, -0.15) is 5.10 Å². The number of aryl methyl sites for hydroxylation is 2. The first-order valence-corrected chi connectivity index (χ1v) is 6.77. The molecule has 2 rings (SSSR count). The van der Waals surface area contributed by atoms with Crippen LogP contribution in [-0.4, -0.2) is 33.8 Å². The zero-order valence-corrected chi connectivity index (χ0v) is 11.5. The van der Waals surface area contributed by atoms with Crippen molar-refractivity contribution in [2.75, 3.05) is 18.0 Å². The lowest BCUT2D eigenvalue weighted by Gasteiger charge is -2.31. The van der Waals surface area contributed by atoms with Gasteiger partial charge < -0.3 is 10.6 Å². The Bertz CT molecular complexity index is 471. The Hall–Kier alpha value is -1.63. The topological polar surface area (TPSA) is 90.2 Å². The maximum absolute atomic E-state index is 11.3. The summed E-state index contributed by atoms with van der Waals surface area (Å²) in [6.07, 6.45) is 2.84. The summed E-state index contributed by atoms with van der Waals surface area (Å²) in [5, 5.41) is 15.6. The zero-order valence-electron chi connectivity index (χ0n) is 11.5. The van der Waals surface area contributed by atoms with Gasteiger partial charge in [0.1, 0.15) is 5.69 Å². The molecule has 0 bridgehead atoms. The van der Waals surface area contributed by atoms with E-state index in [1.54, 1.807) is 11.6 Å². The van der Waals surface area contributed by atoms with Crippen LogP contribution in [0.25, 0.3) is 0 Å². The monoisotopic (exact) mass is 267 g/mol. The maximum atomic E-state index is 11.3. The zero-order chi connectivity index (χ0) is 14.0. The van der Waals surface area contributed by atoms with E-state index in [2.05, 4.69) is 5.10 Å². The molecule has 0 amide bonds. The number of nitrogens with zero attached hydrogens (tertiary/aromatic N) is 4. The molecule has 2 N–H and O–H groups in total. The van der Waals surface area contributed by atoms with Crippen LogP contribution in [-0.2, 0) is 6.54 Å². The predicted octanol–water partition coefficient (Wildman–Crippen LogP) is 1.44. The van der Waals surface area contributed by atoms with E-state index in [9.17, 15) is 10.1 Å². The molecule has 0 radical (unpaired) electrons. The fraction of sp³-hybridized carbons (Fsp3) is 0.750. The minimum absolute atomic E-state index is 0.0821. The summed E-state index contributed by atoms with van der Waals surface area (Å²) in [5.41, 5.74) is 6.58. The lowest BCUT2D eigenvalue weighted by atomic mass is 10.1. The Morgan fingerprint density at radius 2 is 2.32 bits per heavy atom. The number of hydrogen-bond acceptors (Lipinski definition) is 5. The van der Waals surface area contributed by atoms with Crippen molar-refractivity contribution < 1.29 is 4.92 Å². The van der Waals surface area contributed by atoms with Crippen molar-refractivity contribution >= 4 is 11.5 Å². The third-order valence-electron chi connectivity index (χ3n) is 3.45. The Kier molecular flexibility index (Phi) is 4.04. The van der Waals surface area contributed by atoms with Crippen molar-refractivity contribution in [3.63, 3.8) is 0 Å². The van der Waals surface area contributed by atoms with E-state index in [0.29, 0.717) is 24.6 Å². The van der Waals surface area contributed by atoms with Crippen molar-refractivity contribution in [3.8, 4) is 0 Å². The van der Waals surface area contributed by atoms with Gasteiger partial charge in [0.25, 0.3) is 0 Å². The predicted molar refractivity (Wildman–Crippen MR) is 73.3 cm³/mol. The summed E-state index contributed by atoms with van der Waals surface area (Å²) in [6.45, 7) is 5.89. The van der Waals surface area contributed by atoms with Crippen LogP contribution in [0.3, 0.4) is 0 Å². The summed E-state index contributed by atoms with van der Waals surface area (Å²) < 4.78 is 1.76. The summed E-state index contributed by atoms with van der Waals surface area (Å²) in [6, 6.07) is 0.0821. The molecule has 1 aliphatic rings. The van der Waals surface area contributed by atoms with Crippen LogP contribution in [0.4, 0.5) is 11.5 Å². The van der Waals surface area contributed by atoms with Gasteiger partial charge in [0.15, 0.2) is 0 Å². The first-order chi connectivity index (χ1) is 9.04. The molecule has 1 saturated heterocycles. The summed E-state index contributed by atoms with van der Waals surface area (Å²) in [5.74, 6) is 0.625. The maximum Gasteiger partial charge on any atom is 0.333 e. The molecule has 1 unspecified atom stereocenters. The van der Waals surface area contributed by atoms with Gasteiger partial charge >= 0.3 is 5.69 Å². The standard InChI is InChI=1S/C12H21N5O2/c1-3-6-16-12(11(17(18)19)9(2)14-16)15-7-4-5-10(13)8-15/h10H,3-8,13H2,1-2H3. The number of aromatic nitrogens is 2. The first-order valence-electron chi connectivity index (χ1n) is 6.77. The van der Waals surface area contributed by atoms with E-state index in [0.717, 1.165) is 25.8 Å². The molecular weight excluding hydrogens is 246 g/mol. The van der Waals surface area contributed by atoms with Crippen LogP contribution in [0.1, 0.15) is 31.9 Å². The molecule has 2 heterocycles. The van der Waals surface area contributed by atoms with E-state index in [1.165, 1.54) is 0 Å². The molecule has 1 atom stereocenters. The second-order valence-electron chi connectivity index (χ2n) is 5.09. The number of piperidine rings is 1. The van der Waals surface area contributed by atoms with Crippen LogP contribution < -0.4 is 10.6 Å². The van der Waals surface area contributed by atoms with Crippen LogP contribution in [0, 0.1) is 17.0 Å². The highest BCUT2D eigenvalue weighted by Gasteiger charge is 2.31. The largest absolute Gasteiger partial charge is 0.350 e. The molecule has 1 aromatic rings. The number of rotatable bonds is 4. The van der Waals surface area contributed by atoms with Gasteiger partial charge in [0.05, 0.1) is 4.92 Å². The molecule has 19 heavy (non-hydrogen) atoms. The van der Waals surface area contributed by atoms with Crippen molar-refractivity contribution in [1.29, 1.82) is 0 Å². The fourth-order valence-corrected chi connectivity index (χ4v) is 2.66. The van der Waals surface area contributed by atoms with Crippen molar-refractivity contribution in [1.82, 2.24) is 9.78 Å². The molecule has 7 heteroatoms. The molecule has 0 aliphatic carbocycles. The number of nitro groups is 1. The molecule has 1 fully saturated rings. The van der Waals surface area contributed by atoms with Gasteiger partial charge in [-0.05, 0) is 26.2 Å². The average Bonchev–Trinajstić information content (AvgIpc) is 2.66. The normalized spacial score (nSPS) is 19.7. The van der Waals surface area contributed by atoms with Crippen LogP contribution >= 0.6 is 0 Å². The minimum atomic E-state index is -0.329. The van der Waals surface area contributed by atoms with Gasteiger partial charge in [-0.25, -0.2) is 4.68 Å². The third kappa shape index (κ3) is 2.70. The number of anilines is 1. The first kappa shape index (κ1) is 13.8. The van der Waals surface area contributed by atoms with E-state index < -0.39 is 0 Å². The van der Waals surface area contributed by atoms with Gasteiger partial charge in [-0.1, -0.05) is 6.92 Å². The molecule has 0 spiro atoms. The fourth-order valence-electron chi connectivity index (χ4n) is 2.66. The van der Waals surface area contributed by atoms with Gasteiger partial charge in [0.2, 0.25) is 5.82 Å². The molecule has 0 aromatic carbocycles. The Morgan fingerprint density at radius 3 is 2.89 bits per heavy atom. The van der Waals surface area contributed by atoms with Crippen LogP contribution in [0.5, 0.6) is 0 Å². The van der Waals surface area contributed by atoms with E-state index >= 15 is 0 Å². The number of hydrogen-bond donors (Lipinski definition) is 1. The smallest absolute Gasteiger partial charge is 0.333 e. The molecule has 1 aliphatic heterocycles. The summed E-state index contributed by atoms with van der Waals surface area (Å²) >= 11 is 0. The highest BCUT2D eigenvalue weighted by Crippen LogP contribution is 2.33. The summed E-state index contributed by atoms with van der Waals surface area (Å²) in [7, 11) is 0. The molecule has 1 aromatic heterocycles.